The first kappa shape index (κ1) is 18.9. The lowest BCUT2D eigenvalue weighted by Crippen LogP contribution is -2.16. The smallest absolute Gasteiger partial charge is 0.254 e. The van der Waals surface area contributed by atoms with E-state index in [1.165, 1.54) is 11.6 Å². The predicted molar refractivity (Wildman–Crippen MR) is 114 cm³/mol. The number of aryl methyl sites for hydroxylation is 1. The zero-order chi connectivity index (χ0) is 20.6. The first-order valence-corrected chi connectivity index (χ1v) is 9.57. The molecule has 0 aliphatic heterocycles. The van der Waals surface area contributed by atoms with Gasteiger partial charge in [0, 0.05) is 18.5 Å². The van der Waals surface area contributed by atoms with Gasteiger partial charge >= 0.3 is 0 Å². The Balaban J connectivity index is 1.54. The number of rotatable bonds is 4. The van der Waals surface area contributed by atoms with Gasteiger partial charge in [0.25, 0.3) is 5.56 Å². The second-order valence-corrected chi connectivity index (χ2v) is 8.16. The highest BCUT2D eigenvalue weighted by Crippen LogP contribution is 2.25. The quantitative estimate of drug-likeness (QED) is 0.530. The molecule has 0 atom stereocenters. The molecule has 0 saturated heterocycles. The van der Waals surface area contributed by atoms with Crippen LogP contribution < -0.4 is 10.3 Å². The number of nitrogens with zero attached hydrogens (tertiary/aromatic N) is 4. The minimum Gasteiger partial charge on any atom is -0.486 e. The molecule has 0 fully saturated rings. The van der Waals surface area contributed by atoms with Gasteiger partial charge in [-0.15, -0.1) is 5.10 Å². The van der Waals surface area contributed by atoms with E-state index in [2.05, 4.69) is 43.2 Å². The normalized spacial score (nSPS) is 11.7. The van der Waals surface area contributed by atoms with Crippen LogP contribution in [-0.2, 0) is 19.1 Å². The minimum atomic E-state index is -0.110. The molecule has 0 unspecified atom stereocenters. The van der Waals surface area contributed by atoms with E-state index in [9.17, 15) is 4.79 Å². The Kier molecular flexibility index (Phi) is 4.70. The van der Waals surface area contributed by atoms with Crippen molar-refractivity contribution in [3.8, 4) is 11.4 Å². The molecule has 2 heterocycles. The van der Waals surface area contributed by atoms with Gasteiger partial charge in [-0.1, -0.05) is 50.3 Å². The number of para-hydroxylation sites is 1. The van der Waals surface area contributed by atoms with E-state index in [1.54, 1.807) is 16.3 Å². The maximum absolute atomic E-state index is 12.2. The van der Waals surface area contributed by atoms with E-state index in [1.807, 2.05) is 42.6 Å². The van der Waals surface area contributed by atoms with E-state index in [4.69, 9.17) is 4.74 Å². The zero-order valence-electron chi connectivity index (χ0n) is 17.1. The van der Waals surface area contributed by atoms with Crippen LogP contribution in [0.4, 0.5) is 0 Å². The van der Waals surface area contributed by atoms with Crippen LogP contribution in [0.15, 0.2) is 65.6 Å². The largest absolute Gasteiger partial charge is 0.486 e. The van der Waals surface area contributed by atoms with E-state index in [-0.39, 0.29) is 17.6 Å². The Hall–Kier alpha value is -3.41. The van der Waals surface area contributed by atoms with Crippen molar-refractivity contribution >= 4 is 10.9 Å². The Morgan fingerprint density at radius 1 is 1.03 bits per heavy atom. The van der Waals surface area contributed by atoms with Gasteiger partial charge in [-0.05, 0) is 35.2 Å². The van der Waals surface area contributed by atoms with E-state index >= 15 is 0 Å². The van der Waals surface area contributed by atoms with Crippen molar-refractivity contribution in [3.63, 3.8) is 0 Å². The van der Waals surface area contributed by atoms with E-state index < -0.39 is 0 Å². The molecule has 0 N–H and O–H groups in total. The van der Waals surface area contributed by atoms with Crippen LogP contribution in [0.2, 0.25) is 0 Å². The maximum atomic E-state index is 12.2. The number of benzene rings is 2. The summed E-state index contributed by atoms with van der Waals surface area (Å²) in [5.41, 5.74) is 3.72. The lowest BCUT2D eigenvalue weighted by molar-refractivity contribution is 0.304. The number of hydrogen-bond donors (Lipinski definition) is 0. The second-order valence-electron chi connectivity index (χ2n) is 8.16. The monoisotopic (exact) mass is 388 g/mol. The average Bonchev–Trinajstić information content (AvgIpc) is 3.18. The highest BCUT2D eigenvalue weighted by molar-refractivity contribution is 5.85. The summed E-state index contributed by atoms with van der Waals surface area (Å²) in [7, 11) is 1.75. The molecule has 6 nitrogen and oxygen atoms in total. The fourth-order valence-electron chi connectivity index (χ4n) is 3.26. The molecule has 2 aromatic heterocycles. The second kappa shape index (κ2) is 7.20. The highest BCUT2D eigenvalue weighted by atomic mass is 16.5. The zero-order valence-corrected chi connectivity index (χ0v) is 17.1. The van der Waals surface area contributed by atoms with E-state index in [0.29, 0.717) is 11.4 Å². The Labute approximate surface area is 169 Å². The summed E-state index contributed by atoms with van der Waals surface area (Å²) in [5.74, 6) is 0.549. The van der Waals surface area contributed by atoms with Crippen LogP contribution in [0, 0.1) is 0 Å². The van der Waals surface area contributed by atoms with Gasteiger partial charge in [-0.25, -0.2) is 4.68 Å². The van der Waals surface area contributed by atoms with Crippen LogP contribution in [0.5, 0.6) is 5.75 Å². The third-order valence-corrected chi connectivity index (χ3v) is 5.03. The summed E-state index contributed by atoms with van der Waals surface area (Å²) in [4.78, 5) is 12.2. The van der Waals surface area contributed by atoms with Gasteiger partial charge in [0.05, 0.1) is 17.4 Å². The first-order chi connectivity index (χ1) is 13.8. The molecule has 4 rings (SSSR count). The van der Waals surface area contributed by atoms with E-state index in [0.717, 1.165) is 16.6 Å². The molecule has 0 radical (unpaired) electrons. The topological polar surface area (TPSA) is 61.9 Å². The summed E-state index contributed by atoms with van der Waals surface area (Å²) < 4.78 is 9.27. The standard InChI is InChI=1S/C23H24N4O2/c1-23(2,3)16-9-11-18(12-10-16)27-14-17(24-25-27)15-29-21-13-22(28)26(4)20-8-6-5-7-19(20)21/h5-14H,15H2,1-4H3. The summed E-state index contributed by atoms with van der Waals surface area (Å²) in [6, 6.07) is 17.5. The maximum Gasteiger partial charge on any atom is 0.254 e. The van der Waals surface area contributed by atoms with Gasteiger partial charge in [0.2, 0.25) is 0 Å². The number of pyridine rings is 1. The number of hydrogen-bond acceptors (Lipinski definition) is 4. The van der Waals surface area contributed by atoms with Crippen molar-refractivity contribution in [2.75, 3.05) is 0 Å². The average molecular weight is 388 g/mol. The molecular formula is C23H24N4O2. The van der Waals surface area contributed by atoms with Crippen molar-refractivity contribution in [1.82, 2.24) is 19.6 Å². The molecule has 0 aliphatic carbocycles. The van der Waals surface area contributed by atoms with Crippen molar-refractivity contribution < 1.29 is 4.74 Å². The van der Waals surface area contributed by atoms with Crippen molar-refractivity contribution in [1.29, 1.82) is 0 Å². The lowest BCUT2D eigenvalue weighted by atomic mass is 9.87. The molecule has 29 heavy (non-hydrogen) atoms. The molecule has 0 spiro atoms. The summed E-state index contributed by atoms with van der Waals surface area (Å²) in [6.45, 7) is 6.80. The SMILES string of the molecule is Cn1c(=O)cc(OCc2cn(-c3ccc(C(C)(C)C)cc3)nn2)c2ccccc21. The highest BCUT2D eigenvalue weighted by Gasteiger charge is 2.14. The third-order valence-electron chi connectivity index (χ3n) is 5.03. The van der Waals surface area contributed by atoms with Gasteiger partial charge in [0.15, 0.2) is 0 Å². The minimum absolute atomic E-state index is 0.107. The van der Waals surface area contributed by atoms with Crippen molar-refractivity contribution in [2.24, 2.45) is 7.05 Å². The van der Waals surface area contributed by atoms with Gasteiger partial charge in [-0.2, -0.15) is 0 Å². The van der Waals surface area contributed by atoms with Crippen LogP contribution in [-0.4, -0.2) is 19.6 Å². The molecule has 0 amide bonds. The Morgan fingerprint density at radius 2 is 1.76 bits per heavy atom. The molecular weight excluding hydrogens is 364 g/mol. The Morgan fingerprint density at radius 3 is 2.48 bits per heavy atom. The number of ether oxygens (including phenoxy) is 1. The molecule has 2 aromatic carbocycles. The third kappa shape index (κ3) is 3.78. The van der Waals surface area contributed by atoms with Crippen LogP contribution in [0.3, 0.4) is 0 Å². The van der Waals surface area contributed by atoms with Crippen molar-refractivity contribution in [2.45, 2.75) is 32.8 Å². The van der Waals surface area contributed by atoms with Gasteiger partial charge < -0.3 is 9.30 Å². The van der Waals surface area contributed by atoms with Crippen molar-refractivity contribution in [3.05, 3.63) is 82.4 Å². The Bertz CT molecular complexity index is 1210. The first-order valence-electron chi connectivity index (χ1n) is 9.57. The fraction of sp³-hybridized carbons (Fsp3) is 0.261. The molecule has 148 valence electrons. The summed E-state index contributed by atoms with van der Waals surface area (Å²) in [5, 5.41) is 9.30. The summed E-state index contributed by atoms with van der Waals surface area (Å²) in [6.07, 6.45) is 1.84. The molecule has 0 aliphatic rings. The number of aromatic nitrogens is 4. The van der Waals surface area contributed by atoms with Gasteiger partial charge in [0.1, 0.15) is 18.1 Å². The lowest BCUT2D eigenvalue weighted by Gasteiger charge is -2.19. The number of fused-ring (bicyclic) bond motifs is 1. The fourth-order valence-corrected chi connectivity index (χ4v) is 3.26. The van der Waals surface area contributed by atoms with Crippen LogP contribution in [0.25, 0.3) is 16.6 Å². The summed E-state index contributed by atoms with van der Waals surface area (Å²) >= 11 is 0. The molecule has 0 bridgehead atoms. The predicted octanol–water partition coefficient (Wildman–Crippen LogP) is 4.00. The molecule has 6 heteroatoms. The molecule has 0 saturated carbocycles. The van der Waals surface area contributed by atoms with Crippen LogP contribution >= 0.6 is 0 Å². The van der Waals surface area contributed by atoms with Gasteiger partial charge in [-0.3, -0.25) is 4.79 Å². The van der Waals surface area contributed by atoms with Crippen LogP contribution in [0.1, 0.15) is 32.0 Å². The molecule has 4 aromatic rings.